The average molecular weight is 524 g/mol. The molecule has 0 spiro atoms. The summed E-state index contributed by atoms with van der Waals surface area (Å²) in [5.74, 6) is -0.998. The highest BCUT2D eigenvalue weighted by Gasteiger charge is 2.28. The van der Waals surface area contributed by atoms with Gasteiger partial charge in [0.05, 0.1) is 15.5 Å². The van der Waals surface area contributed by atoms with Gasteiger partial charge in [0.1, 0.15) is 4.90 Å². The first-order valence-electron chi connectivity index (χ1n) is 11.0. The van der Waals surface area contributed by atoms with Gasteiger partial charge in [0, 0.05) is 30.9 Å². The number of anilines is 1. The molecule has 10 nitrogen and oxygen atoms in total. The number of carbonyl (C=O) groups is 2. The number of non-ortho nitro benzene ring substituents is 1. The van der Waals surface area contributed by atoms with Crippen LogP contribution in [0.5, 0.6) is 0 Å². The number of amides is 1. The smallest absolute Gasteiger partial charge is 0.338 e. The van der Waals surface area contributed by atoms with E-state index in [9.17, 15) is 28.1 Å². The lowest BCUT2D eigenvalue weighted by Crippen LogP contribution is -2.44. The zero-order valence-electron chi connectivity index (χ0n) is 19.3. The van der Waals surface area contributed by atoms with Crippen molar-refractivity contribution in [3.05, 3.63) is 63.2 Å². The maximum atomic E-state index is 12.7. The molecule has 0 unspecified atom stereocenters. The molecule has 35 heavy (non-hydrogen) atoms. The van der Waals surface area contributed by atoms with Crippen LogP contribution >= 0.6 is 11.6 Å². The molecule has 1 fully saturated rings. The number of carbonyl (C=O) groups excluding carboxylic acids is 2. The van der Waals surface area contributed by atoms with Crippen LogP contribution in [0.4, 0.5) is 11.4 Å². The summed E-state index contributed by atoms with van der Waals surface area (Å²) in [7, 11) is -2.52. The lowest BCUT2D eigenvalue weighted by Gasteiger charge is -2.32. The highest BCUT2D eigenvalue weighted by atomic mass is 35.5. The van der Waals surface area contributed by atoms with Gasteiger partial charge in [-0.2, -0.15) is 0 Å². The van der Waals surface area contributed by atoms with Crippen molar-refractivity contribution in [2.45, 2.75) is 56.1 Å². The number of likely N-dealkylation sites (N-methyl/N-ethyl adjacent to an activating group) is 1. The number of hydrogen-bond donors (Lipinski definition) is 1. The summed E-state index contributed by atoms with van der Waals surface area (Å²) in [4.78, 5) is 36.6. The largest absolute Gasteiger partial charge is 0.449 e. The van der Waals surface area contributed by atoms with E-state index in [-0.39, 0.29) is 28.2 Å². The third kappa shape index (κ3) is 6.49. The van der Waals surface area contributed by atoms with E-state index < -0.39 is 37.6 Å². The SMILES string of the molecule is C[C@H](OC(=O)c1ccc(NS(=O)(=O)c2cc([N+](=O)[O-])ccc2Cl)cc1)C(=O)N(C)C1CCCCC1. The van der Waals surface area contributed by atoms with Crippen molar-refractivity contribution in [1.29, 1.82) is 0 Å². The molecule has 2 aromatic carbocycles. The Bertz CT molecular complexity index is 1210. The number of hydrogen-bond acceptors (Lipinski definition) is 7. The Labute approximate surface area is 208 Å². The first-order valence-corrected chi connectivity index (χ1v) is 12.9. The Morgan fingerprint density at radius 3 is 2.37 bits per heavy atom. The van der Waals surface area contributed by atoms with Gasteiger partial charge >= 0.3 is 5.97 Å². The van der Waals surface area contributed by atoms with Crippen LogP contribution < -0.4 is 4.72 Å². The van der Waals surface area contributed by atoms with E-state index in [1.54, 1.807) is 11.9 Å². The van der Waals surface area contributed by atoms with E-state index in [1.807, 2.05) is 0 Å². The predicted octanol–water partition coefficient (Wildman–Crippen LogP) is 4.39. The van der Waals surface area contributed by atoms with Gasteiger partial charge in [-0.25, -0.2) is 13.2 Å². The zero-order chi connectivity index (χ0) is 25.8. The molecule has 1 saturated carbocycles. The molecule has 2 aromatic rings. The fraction of sp³-hybridized carbons (Fsp3) is 0.391. The second-order valence-electron chi connectivity index (χ2n) is 8.34. The Kier molecular flexibility index (Phi) is 8.34. The number of nitrogens with one attached hydrogen (secondary N) is 1. The number of halogens is 1. The second kappa shape index (κ2) is 11.0. The summed E-state index contributed by atoms with van der Waals surface area (Å²) in [6, 6.07) is 8.58. The molecule has 0 heterocycles. The van der Waals surface area contributed by atoms with Crippen molar-refractivity contribution in [2.24, 2.45) is 0 Å². The van der Waals surface area contributed by atoms with Gasteiger partial charge in [-0.1, -0.05) is 30.9 Å². The molecule has 188 valence electrons. The van der Waals surface area contributed by atoms with Crippen LogP contribution in [0.2, 0.25) is 5.02 Å². The van der Waals surface area contributed by atoms with Crippen LogP contribution in [0.1, 0.15) is 49.4 Å². The third-order valence-corrected chi connectivity index (χ3v) is 7.75. The van der Waals surface area contributed by atoms with Crippen LogP contribution in [0.15, 0.2) is 47.4 Å². The van der Waals surface area contributed by atoms with E-state index in [4.69, 9.17) is 16.3 Å². The monoisotopic (exact) mass is 523 g/mol. The zero-order valence-corrected chi connectivity index (χ0v) is 20.8. The van der Waals surface area contributed by atoms with Crippen molar-refractivity contribution in [1.82, 2.24) is 4.90 Å². The number of esters is 1. The Morgan fingerprint density at radius 2 is 1.77 bits per heavy atom. The molecule has 12 heteroatoms. The van der Waals surface area contributed by atoms with E-state index in [1.165, 1.54) is 31.2 Å². The van der Waals surface area contributed by atoms with Gasteiger partial charge in [0.25, 0.3) is 21.6 Å². The number of rotatable bonds is 8. The summed E-state index contributed by atoms with van der Waals surface area (Å²) < 4.78 is 32.9. The molecule has 0 aromatic heterocycles. The highest BCUT2D eigenvalue weighted by molar-refractivity contribution is 7.92. The standard InChI is InChI=1S/C23H26ClN3O7S/c1-15(22(28)26(2)18-6-4-3-5-7-18)34-23(29)16-8-10-17(11-9-16)25-35(32,33)21-14-19(27(30)31)12-13-20(21)24/h8-15,18,25H,3-7H2,1-2H3/t15-/m0/s1. The van der Waals surface area contributed by atoms with E-state index >= 15 is 0 Å². The lowest BCUT2D eigenvalue weighted by atomic mass is 9.94. The molecule has 1 N–H and O–H groups in total. The predicted molar refractivity (Wildman–Crippen MR) is 130 cm³/mol. The van der Waals surface area contributed by atoms with Gasteiger partial charge in [0.15, 0.2) is 6.10 Å². The molecular weight excluding hydrogens is 498 g/mol. The lowest BCUT2D eigenvalue weighted by molar-refractivity contribution is -0.385. The molecule has 1 aliphatic rings. The molecule has 0 radical (unpaired) electrons. The number of sulfonamides is 1. The topological polar surface area (TPSA) is 136 Å². The summed E-state index contributed by atoms with van der Waals surface area (Å²) in [6.45, 7) is 1.52. The van der Waals surface area contributed by atoms with Crippen molar-refractivity contribution in [3.63, 3.8) is 0 Å². The number of benzene rings is 2. The molecule has 1 atom stereocenters. The Morgan fingerprint density at radius 1 is 1.14 bits per heavy atom. The first-order chi connectivity index (χ1) is 16.5. The van der Waals surface area contributed by atoms with Crippen molar-refractivity contribution >= 4 is 44.9 Å². The summed E-state index contributed by atoms with van der Waals surface area (Å²) in [5.41, 5.74) is -0.197. The van der Waals surface area contributed by atoms with E-state index in [0.29, 0.717) is 0 Å². The van der Waals surface area contributed by atoms with Gasteiger partial charge in [-0.3, -0.25) is 19.6 Å². The second-order valence-corrected chi connectivity index (χ2v) is 10.4. The van der Waals surface area contributed by atoms with Crippen LogP contribution in [0.25, 0.3) is 0 Å². The number of ether oxygens (including phenoxy) is 1. The Balaban J connectivity index is 1.65. The maximum Gasteiger partial charge on any atom is 0.338 e. The molecular formula is C23H26ClN3O7S. The van der Waals surface area contributed by atoms with Gasteiger partial charge in [-0.15, -0.1) is 0 Å². The van der Waals surface area contributed by atoms with Crippen LogP contribution in [0, 0.1) is 10.1 Å². The molecule has 1 amide bonds. The molecule has 0 saturated heterocycles. The van der Waals surface area contributed by atoms with Gasteiger partial charge < -0.3 is 9.64 Å². The number of nitro benzene ring substituents is 1. The average Bonchev–Trinajstić information content (AvgIpc) is 2.83. The Hall–Kier alpha value is -3.18. The van der Waals surface area contributed by atoms with Crippen molar-refractivity contribution in [3.8, 4) is 0 Å². The third-order valence-electron chi connectivity index (χ3n) is 5.89. The minimum Gasteiger partial charge on any atom is -0.449 e. The van der Waals surface area contributed by atoms with Gasteiger partial charge in [0.2, 0.25) is 0 Å². The van der Waals surface area contributed by atoms with E-state index in [0.717, 1.165) is 50.3 Å². The summed E-state index contributed by atoms with van der Waals surface area (Å²) in [5, 5.41) is 10.8. The normalized spacial score (nSPS) is 15.2. The highest BCUT2D eigenvalue weighted by Crippen LogP contribution is 2.28. The fourth-order valence-electron chi connectivity index (χ4n) is 3.91. The van der Waals surface area contributed by atoms with Crippen molar-refractivity contribution < 1.29 is 27.7 Å². The first kappa shape index (κ1) is 26.4. The van der Waals surface area contributed by atoms with Gasteiger partial charge in [-0.05, 0) is 50.1 Å². The summed E-state index contributed by atoms with van der Waals surface area (Å²) in [6.07, 6.45) is 4.19. The quantitative estimate of drug-likeness (QED) is 0.308. The van der Waals surface area contributed by atoms with Crippen LogP contribution in [0.3, 0.4) is 0 Å². The van der Waals surface area contributed by atoms with Crippen LogP contribution in [-0.4, -0.2) is 49.3 Å². The molecule has 3 rings (SSSR count). The minimum atomic E-state index is -4.24. The summed E-state index contributed by atoms with van der Waals surface area (Å²) >= 11 is 5.93. The molecule has 0 bridgehead atoms. The fourth-order valence-corrected chi connectivity index (χ4v) is 5.49. The van der Waals surface area contributed by atoms with E-state index in [2.05, 4.69) is 4.72 Å². The van der Waals surface area contributed by atoms with Crippen LogP contribution in [-0.2, 0) is 19.6 Å². The molecule has 0 aliphatic heterocycles. The number of nitro groups is 1. The minimum absolute atomic E-state index is 0.102. The maximum absolute atomic E-state index is 12.7. The van der Waals surface area contributed by atoms with Crippen molar-refractivity contribution in [2.75, 3.05) is 11.8 Å². The molecule has 1 aliphatic carbocycles. The number of nitrogens with zero attached hydrogens (tertiary/aromatic N) is 2.